The molecule has 732 valence electrons. The first-order chi connectivity index (χ1) is 63.3. The molecule has 12 aliphatic carbocycles. The number of H-pyrrole nitrogens is 4. The van der Waals surface area contributed by atoms with E-state index >= 15 is 0 Å². The molecule has 19 rings (SSSR count). The fraction of sp³-hybridized carbons (Fsp3) is 0.798. The van der Waals surface area contributed by atoms with Gasteiger partial charge in [0.05, 0.1) is 78.9 Å². The molecule has 4 aromatic heterocycles. The van der Waals surface area contributed by atoms with Crippen molar-refractivity contribution < 1.29 is 46.1 Å². The molecule has 3 saturated heterocycles. The second kappa shape index (κ2) is 43.3. The van der Waals surface area contributed by atoms with Crippen molar-refractivity contribution in [3.8, 4) is 0 Å². The molecule has 0 unspecified atom stereocenters. The van der Waals surface area contributed by atoms with Crippen LogP contribution in [-0.4, -0.2) is 210 Å². The molecule has 0 spiro atoms. The van der Waals surface area contributed by atoms with Crippen molar-refractivity contribution in [1.29, 1.82) is 0 Å². The number of aliphatic hydroxyl groups is 1. The minimum atomic E-state index is -3.53. The number of nitrogens with two attached hydrogens (primary N) is 1. The number of aromatic amines is 4. The first-order valence-corrected chi connectivity index (χ1v) is 53.8. The maximum absolute atomic E-state index is 11.8. The zero-order valence-electron chi connectivity index (χ0n) is 81.8. The topological polar surface area (TPSA) is 419 Å². The van der Waals surface area contributed by atoms with Gasteiger partial charge >= 0.3 is 0 Å². The molecule has 7 heterocycles. The van der Waals surface area contributed by atoms with Crippen LogP contribution in [-0.2, 0) is 88.9 Å². The lowest BCUT2D eigenvalue weighted by molar-refractivity contribution is -0.0563. The summed E-state index contributed by atoms with van der Waals surface area (Å²) in [6.45, 7) is 51.7. The van der Waals surface area contributed by atoms with Crippen LogP contribution in [0.5, 0.6) is 0 Å². The molecular weight excluding hydrogens is 1730 g/mol. The number of morpholine rings is 2. The summed E-state index contributed by atoms with van der Waals surface area (Å²) in [5, 5.41) is 52.6. The Morgan fingerprint density at radius 3 is 1.05 bits per heavy atom. The highest BCUT2D eigenvalue weighted by Gasteiger charge is 2.62. The van der Waals surface area contributed by atoms with Crippen molar-refractivity contribution in [3.63, 3.8) is 0 Å². The summed E-state index contributed by atoms with van der Waals surface area (Å²) in [7, 11) is -3.22. The highest BCUT2D eigenvalue weighted by molar-refractivity contribution is 8.13. The van der Waals surface area contributed by atoms with Gasteiger partial charge in [0.15, 0.2) is 0 Å². The van der Waals surface area contributed by atoms with Crippen LogP contribution in [0.1, 0.15) is 217 Å². The van der Waals surface area contributed by atoms with Crippen molar-refractivity contribution in [1.82, 2.24) is 50.6 Å². The number of hydrogen-bond donors (Lipinski definition) is 6. The highest BCUT2D eigenvalue weighted by atomic mass is 35.7. The molecule has 33 heteroatoms. The van der Waals surface area contributed by atoms with Gasteiger partial charge in [-0.3, -0.25) is 38.8 Å². The van der Waals surface area contributed by atoms with E-state index in [0.717, 1.165) is 200 Å². The van der Waals surface area contributed by atoms with Gasteiger partial charge in [-0.1, -0.05) is 119 Å². The molecule has 0 bridgehead atoms. The van der Waals surface area contributed by atoms with Gasteiger partial charge < -0.3 is 25.1 Å². The number of allylic oxidation sites excluding steroid dienone is 4. The Kier molecular flexibility index (Phi) is 33.3. The number of nitrogens with one attached hydrogen (secondary N) is 4. The molecular formula is C99H156ClFN20O9S2. The third-order valence-corrected chi connectivity index (χ3v) is 38.6. The molecule has 4 aromatic rings. The van der Waals surface area contributed by atoms with Crippen LogP contribution in [0.25, 0.3) is 31.3 Å². The molecule has 0 radical (unpaired) electrons. The number of fused-ring (bicyclic) bond motifs is 8. The van der Waals surface area contributed by atoms with Gasteiger partial charge in [0, 0.05) is 127 Å². The van der Waals surface area contributed by atoms with Crippen LogP contribution < -0.4 is 5.73 Å². The zero-order chi connectivity index (χ0) is 95.7. The van der Waals surface area contributed by atoms with Gasteiger partial charge in [-0.2, -0.15) is 28.8 Å². The number of nitrogens with zero attached hydrogens (tertiary/aromatic N) is 15. The van der Waals surface area contributed by atoms with E-state index in [-0.39, 0.29) is 68.9 Å². The van der Waals surface area contributed by atoms with Crippen LogP contribution in [0.2, 0.25) is 0 Å². The van der Waals surface area contributed by atoms with E-state index in [9.17, 15) is 31.9 Å². The number of aromatic nitrogens is 8. The Hall–Kier alpha value is -6.47. The normalized spacial score (nSPS) is 38.0. The second-order valence-electron chi connectivity index (χ2n) is 44.2. The third-order valence-electron chi connectivity index (χ3n) is 38.0. The molecule has 24 atom stereocenters. The number of aliphatic hydroxyl groups excluding tert-OH is 1. The van der Waals surface area contributed by atoms with Crippen molar-refractivity contribution >= 4 is 29.9 Å². The van der Waals surface area contributed by atoms with Crippen LogP contribution in [0.15, 0.2) is 88.7 Å². The first kappa shape index (κ1) is 101. The summed E-state index contributed by atoms with van der Waals surface area (Å²) in [6, 6.07) is 0. The van der Waals surface area contributed by atoms with Crippen LogP contribution in [0.4, 0.5) is 4.39 Å². The molecule has 11 fully saturated rings. The fourth-order valence-corrected chi connectivity index (χ4v) is 30.5. The molecule has 3 aliphatic heterocycles. The van der Waals surface area contributed by atoms with E-state index < -0.39 is 26.3 Å². The summed E-state index contributed by atoms with van der Waals surface area (Å²) in [5.74, 6) is 7.27. The van der Waals surface area contributed by atoms with Gasteiger partial charge in [0.1, 0.15) is 0 Å². The Morgan fingerprint density at radius 1 is 0.492 bits per heavy atom. The van der Waals surface area contributed by atoms with E-state index in [1.807, 2.05) is 18.6 Å². The van der Waals surface area contributed by atoms with Crippen molar-refractivity contribution in [2.45, 2.75) is 222 Å². The van der Waals surface area contributed by atoms with E-state index in [1.165, 1.54) is 126 Å². The van der Waals surface area contributed by atoms with Gasteiger partial charge in [0.2, 0.25) is 9.05 Å². The van der Waals surface area contributed by atoms with Gasteiger partial charge in [-0.05, 0) is 350 Å². The Morgan fingerprint density at radius 2 is 0.765 bits per heavy atom. The molecule has 0 aromatic carbocycles. The lowest BCUT2D eigenvalue weighted by Crippen LogP contribution is -2.55. The summed E-state index contributed by atoms with van der Waals surface area (Å²) >= 11 is 0. The lowest BCUT2D eigenvalue weighted by atomic mass is 9.49. The van der Waals surface area contributed by atoms with Crippen LogP contribution >= 0.6 is 10.7 Å². The Labute approximate surface area is 790 Å². The lowest BCUT2D eigenvalue weighted by Gasteiger charge is -2.56. The summed E-state index contributed by atoms with van der Waals surface area (Å²) in [6.07, 6.45) is 38.7. The molecule has 8 saturated carbocycles. The Balaban J connectivity index is 0.000000144. The van der Waals surface area contributed by atoms with Gasteiger partial charge in [0.25, 0.3) is 10.1 Å². The smallest absolute Gasteiger partial charge is 0.264 e. The van der Waals surface area contributed by atoms with E-state index in [0.29, 0.717) is 108 Å². The predicted octanol–water partition coefficient (Wildman–Crippen LogP) is 18.6. The average molecular weight is 1890 g/mol. The molecule has 15 aliphatic rings. The highest BCUT2D eigenvalue weighted by Crippen LogP contribution is 2.68. The minimum Gasteiger partial charge on any atom is -0.396 e. The van der Waals surface area contributed by atoms with E-state index in [1.54, 1.807) is 0 Å². The molecule has 29 nitrogen and oxygen atoms in total. The summed E-state index contributed by atoms with van der Waals surface area (Å²) in [4.78, 5) is 14.6. The molecule has 7 N–H and O–H groups in total. The SMILES string of the molecule is C1CCOC1.C=C1CC[C@H]2[C@H](CN)[C@@H]([C@@]3(C)Cc4cn[nH]c4C[C@@H]3CN3CCOCC3)CC[C@]12C.C=C1CC[C@H]2[C@H](CN=[N+]=[N-])[C@@H]([C@@]3(C)Cc4cn[nH]c4C[C@@H]3CN3CCOCC3)CC[C@]12C.C=C1CC[C@H]2[C@H](CN=[N+]=[N-])[C@@H]([C@@]3(C)Cc4cn[nH]c4C[C@@H]3CO)CC[C@]12C.C=C1CC[C@H]2[C@H](CN=[N+]=[N-])[C@@H]([C@@]3(C)Cc4cn[nH]c4C[C@@H]3COS(C)(=O)=O)CC[C@]12C.CS(=O)(=O)Cl.[2H]CF. The quantitative estimate of drug-likeness (QED) is 0.0127. The number of hydrogen-bond acceptors (Lipinski definition) is 19. The standard InChI is InChI=1S/C25H38N6O.C25H40N4O.C22H33N5O3S.C21H31N5O.C4H8O.CH3ClO2S.CH3F/c1-17-4-5-21-20(15-28-30-26)22(6-7-24(17,21)2)25(3)13-18-14-27-29-23(18)12-19(25)16-31-8-10-32-11-9-31;1-17-4-5-21-20(14-26)22(6-7-24(17,21)2)25(3)13-18-15-27-28-23(18)12-19(25)16-29-8-10-30-11-9-29;1-14-5-6-18-17(12-25-27-23)19(7-8-21(14,18)2)22(3)10-15-11-24-26-20(15)9-16(22)13-30-31(4,28)29;1-13-4-5-17-16(11-24-26-22)18(6-7-20(13,17)2)21(3)9-14-10-23-25-19(14)8-15(21)12-27;1-2-4-5-3-1;1-5(2,3)4;1-2/h14,19-22H,1,4-13,15-16H2,2-3H3,(H,27,29);15,19-22H,1,4-14,16,26H2,2-3H3,(H,27,28);11,16-19H,1,5-10,12-13H2,2-4H3,(H,24,26);10,15-18,27H,1,4-9,11-12H2,2-3H3,(H,23,25);1-4H2;1H3;1H3/t2*19-,20+,21+,22+,24-,25+;16-,17+,18+,19+,21-,22+;15-,16+,17+,18+,20-,21+;;;/m1111.../s1/i;;;;;;1D. The molecule has 132 heavy (non-hydrogen) atoms. The first-order valence-electron chi connectivity index (χ1n) is 49.9. The number of alkyl halides is 1. The van der Waals surface area contributed by atoms with Gasteiger partial charge in [-0.15, -0.1) is 0 Å². The van der Waals surface area contributed by atoms with Crippen LogP contribution in [0, 0.1) is 138 Å². The Bertz CT molecular complexity index is 5020. The minimum absolute atomic E-state index is 0.00742. The maximum atomic E-state index is 11.8. The number of azide groups is 3. The van der Waals surface area contributed by atoms with E-state index in [2.05, 4.69) is 179 Å². The predicted molar refractivity (Wildman–Crippen MR) is 516 cm³/mol. The maximum Gasteiger partial charge on any atom is 0.264 e. The number of halogens is 2. The summed E-state index contributed by atoms with van der Waals surface area (Å²) in [5.41, 5.74) is 50.7. The zero-order valence-corrected chi connectivity index (χ0v) is 83.2. The van der Waals surface area contributed by atoms with Crippen molar-refractivity contribution in [2.24, 2.45) is 159 Å². The van der Waals surface area contributed by atoms with E-state index in [4.69, 9.17) is 36.6 Å². The largest absolute Gasteiger partial charge is 0.396 e. The average Bonchev–Trinajstić information content (AvgIpc) is 1.29. The van der Waals surface area contributed by atoms with Crippen molar-refractivity contribution in [2.75, 3.05) is 138 Å². The summed E-state index contributed by atoms with van der Waals surface area (Å²) < 4.78 is 79.4. The monoisotopic (exact) mass is 1890 g/mol. The van der Waals surface area contributed by atoms with Crippen molar-refractivity contribution in [3.05, 3.63) is 150 Å². The molecule has 0 amide bonds. The number of rotatable bonds is 19. The number of ether oxygens (including phenoxy) is 3. The fourth-order valence-electron chi connectivity index (χ4n) is 30.1. The third kappa shape index (κ3) is 21.7. The second-order valence-corrected chi connectivity index (χ2v) is 48.9. The van der Waals surface area contributed by atoms with Crippen LogP contribution in [0.3, 0.4) is 0 Å². The van der Waals surface area contributed by atoms with Gasteiger partial charge in [-0.25, -0.2) is 8.42 Å².